The largest absolute Gasteiger partial charge is 0.480 e. The molecule has 1 amide bonds. The van der Waals surface area contributed by atoms with Gasteiger partial charge in [-0.25, -0.2) is 13.6 Å². The van der Waals surface area contributed by atoms with Crippen LogP contribution in [0.1, 0.15) is 19.4 Å². The van der Waals surface area contributed by atoms with E-state index in [1.165, 1.54) is 6.07 Å². The second-order valence-corrected chi connectivity index (χ2v) is 4.50. The number of amides is 1. The van der Waals surface area contributed by atoms with E-state index >= 15 is 0 Å². The Labute approximate surface area is 109 Å². The number of carboxylic acid groups (broad SMARTS) is 1. The third-order valence-corrected chi connectivity index (χ3v) is 2.65. The lowest BCUT2D eigenvalue weighted by Gasteiger charge is -2.18. The van der Waals surface area contributed by atoms with Crippen LogP contribution < -0.4 is 5.32 Å². The van der Waals surface area contributed by atoms with Crippen molar-refractivity contribution in [3.63, 3.8) is 0 Å². The molecule has 1 aromatic rings. The van der Waals surface area contributed by atoms with Gasteiger partial charge in [-0.05, 0) is 18.1 Å². The van der Waals surface area contributed by atoms with Crippen LogP contribution in [-0.2, 0) is 16.0 Å². The standard InChI is InChI=1S/C13H15F2NO3/c1-7(2)12(13(18)19)16-11(17)6-8-9(14)4-3-5-10(8)15/h3-5,7,12H,6H2,1-2H3,(H,16,17)(H,18,19). The summed E-state index contributed by atoms with van der Waals surface area (Å²) in [4.78, 5) is 22.5. The lowest BCUT2D eigenvalue weighted by molar-refractivity contribution is -0.143. The summed E-state index contributed by atoms with van der Waals surface area (Å²) in [6.45, 7) is 3.26. The van der Waals surface area contributed by atoms with Crippen molar-refractivity contribution in [1.29, 1.82) is 0 Å². The Morgan fingerprint density at radius 3 is 2.21 bits per heavy atom. The molecule has 104 valence electrons. The molecule has 1 aromatic carbocycles. The quantitative estimate of drug-likeness (QED) is 0.857. The number of halogens is 2. The van der Waals surface area contributed by atoms with Gasteiger partial charge < -0.3 is 10.4 Å². The number of rotatable bonds is 5. The molecule has 0 aliphatic carbocycles. The number of carbonyl (C=O) groups is 2. The third-order valence-electron chi connectivity index (χ3n) is 2.65. The van der Waals surface area contributed by atoms with Gasteiger partial charge in [-0.3, -0.25) is 4.79 Å². The summed E-state index contributed by atoms with van der Waals surface area (Å²) in [6.07, 6.45) is -0.533. The molecule has 2 N–H and O–H groups in total. The van der Waals surface area contributed by atoms with E-state index in [-0.39, 0.29) is 11.5 Å². The van der Waals surface area contributed by atoms with Crippen LogP contribution in [0.15, 0.2) is 18.2 Å². The summed E-state index contributed by atoms with van der Waals surface area (Å²) in [5, 5.41) is 11.2. The first-order valence-corrected chi connectivity index (χ1v) is 5.78. The second kappa shape index (κ2) is 6.26. The fraction of sp³-hybridized carbons (Fsp3) is 0.385. The monoisotopic (exact) mass is 271 g/mol. The van der Waals surface area contributed by atoms with Gasteiger partial charge in [0.15, 0.2) is 0 Å². The van der Waals surface area contributed by atoms with Crippen molar-refractivity contribution in [1.82, 2.24) is 5.32 Å². The van der Waals surface area contributed by atoms with Crippen molar-refractivity contribution in [3.8, 4) is 0 Å². The Balaban J connectivity index is 2.78. The molecule has 1 unspecified atom stereocenters. The first-order chi connectivity index (χ1) is 8.82. The van der Waals surface area contributed by atoms with E-state index in [1.807, 2.05) is 0 Å². The van der Waals surface area contributed by atoms with Crippen LogP contribution in [0.25, 0.3) is 0 Å². The highest BCUT2D eigenvalue weighted by molar-refractivity contribution is 5.85. The zero-order valence-corrected chi connectivity index (χ0v) is 10.6. The third kappa shape index (κ3) is 4.01. The van der Waals surface area contributed by atoms with Crippen LogP contribution in [0, 0.1) is 17.6 Å². The number of carbonyl (C=O) groups excluding carboxylic acids is 1. The smallest absolute Gasteiger partial charge is 0.326 e. The van der Waals surface area contributed by atoms with E-state index in [1.54, 1.807) is 13.8 Å². The van der Waals surface area contributed by atoms with Crippen molar-refractivity contribution < 1.29 is 23.5 Å². The second-order valence-electron chi connectivity index (χ2n) is 4.50. The number of carboxylic acids is 1. The maximum Gasteiger partial charge on any atom is 0.326 e. The lowest BCUT2D eigenvalue weighted by atomic mass is 10.0. The molecule has 0 spiro atoms. The van der Waals surface area contributed by atoms with Crippen LogP contribution >= 0.6 is 0 Å². The summed E-state index contributed by atoms with van der Waals surface area (Å²) in [7, 11) is 0. The van der Waals surface area contributed by atoms with Gasteiger partial charge in [0, 0.05) is 5.56 Å². The minimum atomic E-state index is -1.18. The zero-order chi connectivity index (χ0) is 14.6. The molecule has 0 bridgehead atoms. The van der Waals surface area contributed by atoms with Crippen LogP contribution in [0.2, 0.25) is 0 Å². The van der Waals surface area contributed by atoms with E-state index in [4.69, 9.17) is 5.11 Å². The predicted molar refractivity (Wildman–Crippen MR) is 64.5 cm³/mol. The van der Waals surface area contributed by atoms with Gasteiger partial charge in [0.05, 0.1) is 6.42 Å². The molecule has 19 heavy (non-hydrogen) atoms. The number of benzene rings is 1. The molecule has 6 heteroatoms. The molecule has 0 aromatic heterocycles. The molecule has 0 radical (unpaired) electrons. The van der Waals surface area contributed by atoms with Crippen LogP contribution in [0.3, 0.4) is 0 Å². The Hall–Kier alpha value is -1.98. The van der Waals surface area contributed by atoms with Gasteiger partial charge in [-0.15, -0.1) is 0 Å². The Kier molecular flexibility index (Phi) is 4.97. The number of nitrogens with one attached hydrogen (secondary N) is 1. The molecule has 0 saturated heterocycles. The van der Waals surface area contributed by atoms with Crippen molar-refractivity contribution >= 4 is 11.9 Å². The summed E-state index contributed by atoms with van der Waals surface area (Å²) in [5.74, 6) is -3.90. The number of hydrogen-bond donors (Lipinski definition) is 2. The molecular formula is C13H15F2NO3. The van der Waals surface area contributed by atoms with Gasteiger partial charge in [0.2, 0.25) is 5.91 Å². The highest BCUT2D eigenvalue weighted by atomic mass is 19.1. The van der Waals surface area contributed by atoms with Gasteiger partial charge in [0.1, 0.15) is 17.7 Å². The highest BCUT2D eigenvalue weighted by Gasteiger charge is 2.24. The van der Waals surface area contributed by atoms with Gasteiger partial charge in [-0.2, -0.15) is 0 Å². The van der Waals surface area contributed by atoms with E-state index in [9.17, 15) is 18.4 Å². The molecule has 0 fully saturated rings. The normalized spacial score (nSPS) is 12.3. The van der Waals surface area contributed by atoms with Gasteiger partial charge in [0.25, 0.3) is 0 Å². The molecule has 4 nitrogen and oxygen atoms in total. The van der Waals surface area contributed by atoms with Crippen LogP contribution in [0.5, 0.6) is 0 Å². The molecular weight excluding hydrogens is 256 g/mol. The fourth-order valence-electron chi connectivity index (χ4n) is 1.60. The predicted octanol–water partition coefficient (Wildman–Crippen LogP) is 1.73. The fourth-order valence-corrected chi connectivity index (χ4v) is 1.60. The van der Waals surface area contributed by atoms with Crippen molar-refractivity contribution in [2.24, 2.45) is 5.92 Å². The summed E-state index contributed by atoms with van der Waals surface area (Å²) in [5.41, 5.74) is -0.368. The van der Waals surface area contributed by atoms with Gasteiger partial charge in [-0.1, -0.05) is 19.9 Å². The Bertz CT molecular complexity index is 469. The SMILES string of the molecule is CC(C)C(NC(=O)Cc1c(F)cccc1F)C(=O)O. The van der Waals surface area contributed by atoms with E-state index in [2.05, 4.69) is 5.32 Å². The first kappa shape index (κ1) is 15.1. The van der Waals surface area contributed by atoms with Crippen molar-refractivity contribution in [2.45, 2.75) is 26.3 Å². The summed E-state index contributed by atoms with van der Waals surface area (Å²) < 4.78 is 26.7. The molecule has 0 saturated carbocycles. The maximum atomic E-state index is 13.3. The van der Waals surface area contributed by atoms with E-state index in [0.717, 1.165) is 12.1 Å². The summed E-state index contributed by atoms with van der Waals surface area (Å²) >= 11 is 0. The minimum Gasteiger partial charge on any atom is -0.480 e. The minimum absolute atomic E-state index is 0.327. The molecule has 0 aliphatic rings. The van der Waals surface area contributed by atoms with Gasteiger partial charge >= 0.3 is 5.97 Å². The molecule has 1 atom stereocenters. The average Bonchev–Trinajstić information content (AvgIpc) is 2.30. The van der Waals surface area contributed by atoms with E-state index < -0.39 is 36.0 Å². The Morgan fingerprint density at radius 1 is 1.26 bits per heavy atom. The highest BCUT2D eigenvalue weighted by Crippen LogP contribution is 2.13. The van der Waals surface area contributed by atoms with Crippen LogP contribution in [0.4, 0.5) is 8.78 Å². The van der Waals surface area contributed by atoms with Crippen LogP contribution in [-0.4, -0.2) is 23.0 Å². The zero-order valence-electron chi connectivity index (χ0n) is 10.6. The van der Waals surface area contributed by atoms with Crippen molar-refractivity contribution in [2.75, 3.05) is 0 Å². The Morgan fingerprint density at radius 2 is 1.79 bits per heavy atom. The van der Waals surface area contributed by atoms with Crippen molar-refractivity contribution in [3.05, 3.63) is 35.4 Å². The number of aliphatic carboxylic acids is 1. The lowest BCUT2D eigenvalue weighted by Crippen LogP contribution is -2.45. The molecule has 0 aliphatic heterocycles. The van der Waals surface area contributed by atoms with E-state index in [0.29, 0.717) is 0 Å². The maximum absolute atomic E-state index is 13.3. The molecule has 0 heterocycles. The topological polar surface area (TPSA) is 66.4 Å². The first-order valence-electron chi connectivity index (χ1n) is 5.78. The average molecular weight is 271 g/mol. The summed E-state index contributed by atoms with van der Waals surface area (Å²) in [6, 6.07) is 2.20. The number of hydrogen-bond acceptors (Lipinski definition) is 2. The molecule has 1 rings (SSSR count).